The van der Waals surface area contributed by atoms with Crippen LogP contribution in [0.15, 0.2) is 12.2 Å². The fourth-order valence-corrected chi connectivity index (χ4v) is 9.11. The molecule has 0 N–H and O–H groups in total. The second-order valence-corrected chi connectivity index (χ2v) is 12.3. The number of hydrogen-bond donors (Lipinski definition) is 0. The van der Waals surface area contributed by atoms with E-state index < -0.39 is 8.07 Å². The van der Waals surface area contributed by atoms with E-state index in [1.165, 1.54) is 38.5 Å². The van der Waals surface area contributed by atoms with Gasteiger partial charge in [0.1, 0.15) is 0 Å². The maximum atomic E-state index is 2.72. The van der Waals surface area contributed by atoms with E-state index >= 15 is 0 Å². The van der Waals surface area contributed by atoms with Gasteiger partial charge < -0.3 is 0 Å². The van der Waals surface area contributed by atoms with E-state index in [1.54, 1.807) is 18.1 Å². The van der Waals surface area contributed by atoms with Crippen molar-refractivity contribution >= 4 is 8.07 Å². The monoisotopic (exact) mass is 264 g/mol. The quantitative estimate of drug-likeness (QED) is 0.379. The van der Waals surface area contributed by atoms with Crippen molar-refractivity contribution in [2.75, 3.05) is 0 Å². The van der Waals surface area contributed by atoms with E-state index in [1.807, 2.05) is 0 Å². The molecule has 0 heterocycles. The lowest BCUT2D eigenvalue weighted by Gasteiger charge is -2.33. The molecule has 0 aromatic heterocycles. The van der Waals surface area contributed by atoms with Crippen LogP contribution < -0.4 is 0 Å². The lowest BCUT2D eigenvalue weighted by molar-refractivity contribution is 0.483. The molecule has 2 aliphatic rings. The van der Waals surface area contributed by atoms with Gasteiger partial charge in [0, 0.05) is 0 Å². The summed E-state index contributed by atoms with van der Waals surface area (Å²) in [5, 5.41) is 0. The maximum Gasteiger partial charge on any atom is 0.0507 e. The van der Waals surface area contributed by atoms with E-state index in [0.717, 1.165) is 17.8 Å². The molecule has 0 aromatic rings. The van der Waals surface area contributed by atoms with Crippen LogP contribution in [0.1, 0.15) is 52.4 Å². The van der Waals surface area contributed by atoms with Gasteiger partial charge in [0.2, 0.25) is 0 Å². The number of fused-ring (bicyclic) bond motifs is 2. The standard InChI is InChI=1S/C17H32Si/c1-4-6-10-18(3,11-7-5-2)14-17-13-15-8-9-16(17)12-15/h8-9,15-17H,4-7,10-14H2,1-3H3. The lowest BCUT2D eigenvalue weighted by atomic mass is 9.96. The third-order valence-electron chi connectivity index (χ3n) is 5.44. The minimum Gasteiger partial charge on any atom is -0.0851 e. The Morgan fingerprint density at radius 1 is 1.00 bits per heavy atom. The zero-order chi connectivity index (χ0) is 13.0. The summed E-state index contributed by atoms with van der Waals surface area (Å²) in [6, 6.07) is 4.83. The molecule has 2 bridgehead atoms. The molecule has 1 saturated carbocycles. The largest absolute Gasteiger partial charge is 0.0851 e. The van der Waals surface area contributed by atoms with Crippen LogP contribution in [0.3, 0.4) is 0 Å². The van der Waals surface area contributed by atoms with E-state index in [9.17, 15) is 0 Å². The van der Waals surface area contributed by atoms with Gasteiger partial charge in [-0.25, -0.2) is 0 Å². The first-order valence-corrected chi connectivity index (χ1v) is 11.5. The molecule has 3 atom stereocenters. The minimum absolute atomic E-state index is 0.928. The van der Waals surface area contributed by atoms with Crippen LogP contribution in [-0.2, 0) is 0 Å². The SMILES string of the molecule is CCCC[Si](C)(CCCC)CC1CC2C=CC1C2. The summed E-state index contributed by atoms with van der Waals surface area (Å²) in [6.45, 7) is 7.43. The van der Waals surface area contributed by atoms with Crippen molar-refractivity contribution in [3.63, 3.8) is 0 Å². The fraction of sp³-hybridized carbons (Fsp3) is 0.882. The van der Waals surface area contributed by atoms with Crippen LogP contribution in [-0.4, -0.2) is 8.07 Å². The predicted octanol–water partition coefficient (Wildman–Crippen LogP) is 5.88. The first-order chi connectivity index (χ1) is 8.67. The molecule has 0 aliphatic heterocycles. The summed E-state index contributed by atoms with van der Waals surface area (Å²) < 4.78 is 0. The molecule has 3 unspecified atom stereocenters. The van der Waals surface area contributed by atoms with Gasteiger partial charge in [-0.15, -0.1) is 0 Å². The number of allylic oxidation sites excluding steroid dienone is 2. The Bertz CT molecular complexity index is 273. The van der Waals surface area contributed by atoms with E-state index in [4.69, 9.17) is 0 Å². The summed E-state index contributed by atoms with van der Waals surface area (Å²) in [7, 11) is -0.928. The molecule has 1 heteroatoms. The third kappa shape index (κ3) is 3.50. The highest BCUT2D eigenvalue weighted by atomic mass is 28.3. The average Bonchev–Trinajstić information content (AvgIpc) is 2.96. The Labute approximate surface area is 115 Å². The first kappa shape index (κ1) is 14.4. The molecule has 104 valence electrons. The molecule has 0 amide bonds. The highest BCUT2D eigenvalue weighted by Gasteiger charge is 2.39. The van der Waals surface area contributed by atoms with Gasteiger partial charge in [-0.2, -0.15) is 0 Å². The van der Waals surface area contributed by atoms with Gasteiger partial charge >= 0.3 is 0 Å². The Hall–Kier alpha value is -0.0431. The smallest absolute Gasteiger partial charge is 0.0507 e. The molecule has 0 aromatic carbocycles. The Morgan fingerprint density at radius 3 is 2.11 bits per heavy atom. The predicted molar refractivity (Wildman–Crippen MR) is 84.7 cm³/mol. The Morgan fingerprint density at radius 2 is 1.67 bits per heavy atom. The van der Waals surface area contributed by atoms with Gasteiger partial charge in [-0.3, -0.25) is 0 Å². The summed E-state index contributed by atoms with van der Waals surface area (Å²) in [5.74, 6) is 3.02. The van der Waals surface area contributed by atoms with E-state index in [-0.39, 0.29) is 0 Å². The van der Waals surface area contributed by atoms with Crippen LogP contribution in [0.5, 0.6) is 0 Å². The minimum atomic E-state index is -0.928. The number of rotatable bonds is 8. The lowest BCUT2D eigenvalue weighted by Crippen LogP contribution is -2.33. The van der Waals surface area contributed by atoms with Crippen molar-refractivity contribution in [3.05, 3.63) is 12.2 Å². The van der Waals surface area contributed by atoms with Crippen molar-refractivity contribution in [2.24, 2.45) is 17.8 Å². The zero-order valence-corrected chi connectivity index (χ0v) is 13.8. The molecule has 0 nitrogen and oxygen atoms in total. The summed E-state index contributed by atoms with van der Waals surface area (Å²) in [5.41, 5.74) is 0. The molecule has 2 aliphatic carbocycles. The van der Waals surface area contributed by atoms with Crippen molar-refractivity contribution in [1.82, 2.24) is 0 Å². The van der Waals surface area contributed by atoms with Gasteiger partial charge in [0.15, 0.2) is 0 Å². The number of unbranched alkanes of at least 4 members (excludes halogenated alkanes) is 2. The van der Waals surface area contributed by atoms with Gasteiger partial charge in [-0.1, -0.05) is 76.4 Å². The molecule has 0 radical (unpaired) electrons. The second kappa shape index (κ2) is 6.41. The molecule has 1 fully saturated rings. The average molecular weight is 265 g/mol. The Kier molecular flexibility index (Phi) is 5.12. The van der Waals surface area contributed by atoms with Crippen LogP contribution in [0.25, 0.3) is 0 Å². The molecule has 2 rings (SSSR count). The molecular weight excluding hydrogens is 232 g/mol. The first-order valence-electron chi connectivity index (χ1n) is 8.35. The second-order valence-electron chi connectivity index (χ2n) is 7.26. The van der Waals surface area contributed by atoms with Crippen LogP contribution in [0.4, 0.5) is 0 Å². The van der Waals surface area contributed by atoms with Crippen molar-refractivity contribution in [1.29, 1.82) is 0 Å². The topological polar surface area (TPSA) is 0 Å². The highest BCUT2D eigenvalue weighted by Crippen LogP contribution is 2.48. The maximum absolute atomic E-state index is 2.72. The van der Waals surface area contributed by atoms with Crippen molar-refractivity contribution < 1.29 is 0 Å². The highest BCUT2D eigenvalue weighted by molar-refractivity contribution is 6.78. The summed E-state index contributed by atoms with van der Waals surface area (Å²) in [4.78, 5) is 0. The van der Waals surface area contributed by atoms with Gasteiger partial charge in [0.25, 0.3) is 0 Å². The van der Waals surface area contributed by atoms with Crippen molar-refractivity contribution in [3.8, 4) is 0 Å². The Balaban J connectivity index is 1.89. The van der Waals surface area contributed by atoms with E-state index in [2.05, 4.69) is 32.5 Å². The van der Waals surface area contributed by atoms with Crippen molar-refractivity contribution in [2.45, 2.75) is 77.1 Å². The fourth-order valence-electron chi connectivity index (χ4n) is 4.30. The summed E-state index contributed by atoms with van der Waals surface area (Å²) >= 11 is 0. The summed E-state index contributed by atoms with van der Waals surface area (Å²) in [6.07, 6.45) is 13.8. The molecular formula is C17H32Si. The normalized spacial score (nSPS) is 30.3. The van der Waals surface area contributed by atoms with Gasteiger partial charge in [0.05, 0.1) is 8.07 Å². The zero-order valence-electron chi connectivity index (χ0n) is 12.8. The van der Waals surface area contributed by atoms with E-state index in [0.29, 0.717) is 0 Å². The molecule has 0 saturated heterocycles. The third-order valence-corrected chi connectivity index (χ3v) is 10.1. The van der Waals surface area contributed by atoms with Crippen LogP contribution in [0.2, 0.25) is 24.7 Å². The molecule has 0 spiro atoms. The van der Waals surface area contributed by atoms with Crippen LogP contribution >= 0.6 is 0 Å². The van der Waals surface area contributed by atoms with Gasteiger partial charge in [-0.05, 0) is 30.6 Å². The number of hydrogen-bond acceptors (Lipinski definition) is 0. The molecule has 18 heavy (non-hydrogen) atoms. The van der Waals surface area contributed by atoms with Crippen LogP contribution in [0, 0.1) is 17.8 Å².